The predicted molar refractivity (Wildman–Crippen MR) is 104 cm³/mol. The van der Waals surface area contributed by atoms with Crippen molar-refractivity contribution >= 4 is 23.1 Å². The highest BCUT2D eigenvalue weighted by Gasteiger charge is 2.11. The summed E-state index contributed by atoms with van der Waals surface area (Å²) in [6, 6.07) is 18.0. The standard InChI is InChI=1S/C20H20N4O3/c1-3-27-18-7-5-4-6-16(18)22-20(25)17-12-13-19(24-23-17)21-14-8-10-15(26-2)11-9-14/h4-13H,3H2,1-2H3,(H,21,24)(H,22,25). The largest absolute Gasteiger partial charge is 0.497 e. The van der Waals surface area contributed by atoms with Crippen molar-refractivity contribution in [2.45, 2.75) is 6.92 Å². The second kappa shape index (κ2) is 8.66. The minimum atomic E-state index is -0.356. The number of hydrogen-bond acceptors (Lipinski definition) is 6. The van der Waals surface area contributed by atoms with Crippen molar-refractivity contribution in [2.24, 2.45) is 0 Å². The molecule has 0 atom stereocenters. The number of methoxy groups -OCH3 is 1. The molecular weight excluding hydrogens is 344 g/mol. The quantitative estimate of drug-likeness (QED) is 0.662. The van der Waals surface area contributed by atoms with Gasteiger partial charge in [0.15, 0.2) is 11.5 Å². The highest BCUT2D eigenvalue weighted by Crippen LogP contribution is 2.24. The summed E-state index contributed by atoms with van der Waals surface area (Å²) in [6.07, 6.45) is 0. The van der Waals surface area contributed by atoms with Crippen molar-refractivity contribution in [2.75, 3.05) is 24.4 Å². The molecule has 0 radical (unpaired) electrons. The summed E-state index contributed by atoms with van der Waals surface area (Å²) in [5.41, 5.74) is 1.64. The summed E-state index contributed by atoms with van der Waals surface area (Å²) in [5, 5.41) is 14.0. The molecule has 2 N–H and O–H groups in total. The molecule has 0 spiro atoms. The molecule has 0 aliphatic carbocycles. The van der Waals surface area contributed by atoms with Crippen LogP contribution in [0.1, 0.15) is 17.4 Å². The number of ether oxygens (including phenoxy) is 2. The maximum atomic E-state index is 12.4. The Morgan fingerprint density at radius 2 is 1.78 bits per heavy atom. The molecule has 2 aromatic carbocycles. The van der Waals surface area contributed by atoms with Crippen molar-refractivity contribution in [3.8, 4) is 11.5 Å². The van der Waals surface area contributed by atoms with E-state index >= 15 is 0 Å². The molecule has 0 bridgehead atoms. The Morgan fingerprint density at radius 3 is 2.44 bits per heavy atom. The van der Waals surface area contributed by atoms with Gasteiger partial charge in [-0.2, -0.15) is 0 Å². The van der Waals surface area contributed by atoms with Gasteiger partial charge >= 0.3 is 0 Å². The summed E-state index contributed by atoms with van der Waals surface area (Å²) in [4.78, 5) is 12.4. The highest BCUT2D eigenvalue weighted by atomic mass is 16.5. The normalized spacial score (nSPS) is 10.1. The zero-order valence-corrected chi connectivity index (χ0v) is 15.1. The molecule has 7 heteroatoms. The van der Waals surface area contributed by atoms with Gasteiger partial charge < -0.3 is 20.1 Å². The van der Waals surface area contributed by atoms with Crippen LogP contribution >= 0.6 is 0 Å². The number of benzene rings is 2. The molecule has 1 aromatic heterocycles. The second-order valence-corrected chi connectivity index (χ2v) is 5.54. The number of anilines is 3. The van der Waals surface area contributed by atoms with E-state index in [0.717, 1.165) is 11.4 Å². The first-order chi connectivity index (χ1) is 13.2. The van der Waals surface area contributed by atoms with E-state index < -0.39 is 0 Å². The average Bonchev–Trinajstić information content (AvgIpc) is 2.71. The first-order valence-electron chi connectivity index (χ1n) is 8.47. The molecule has 0 aliphatic rings. The lowest BCUT2D eigenvalue weighted by Crippen LogP contribution is -2.15. The molecule has 3 rings (SSSR count). The van der Waals surface area contributed by atoms with Crippen molar-refractivity contribution in [3.05, 3.63) is 66.4 Å². The number of aromatic nitrogens is 2. The van der Waals surface area contributed by atoms with Gasteiger partial charge in [0.1, 0.15) is 11.5 Å². The van der Waals surface area contributed by atoms with Gasteiger partial charge in [0.05, 0.1) is 19.4 Å². The molecule has 0 saturated carbocycles. The van der Waals surface area contributed by atoms with Crippen LogP contribution in [0.2, 0.25) is 0 Å². The van der Waals surface area contributed by atoms with Crippen LogP contribution in [-0.4, -0.2) is 29.8 Å². The fraction of sp³-hybridized carbons (Fsp3) is 0.150. The minimum Gasteiger partial charge on any atom is -0.497 e. The summed E-state index contributed by atoms with van der Waals surface area (Å²) < 4.78 is 10.6. The molecule has 1 amide bonds. The summed E-state index contributed by atoms with van der Waals surface area (Å²) >= 11 is 0. The third-order valence-electron chi connectivity index (χ3n) is 3.69. The molecule has 0 fully saturated rings. The molecule has 27 heavy (non-hydrogen) atoms. The number of rotatable bonds is 7. The number of amides is 1. The lowest BCUT2D eigenvalue weighted by molar-refractivity contribution is 0.102. The van der Waals surface area contributed by atoms with Crippen molar-refractivity contribution < 1.29 is 14.3 Å². The smallest absolute Gasteiger partial charge is 0.276 e. The van der Waals surface area contributed by atoms with E-state index in [2.05, 4.69) is 20.8 Å². The monoisotopic (exact) mass is 364 g/mol. The Bertz CT molecular complexity index is 896. The SMILES string of the molecule is CCOc1ccccc1NC(=O)c1ccc(Nc2ccc(OC)cc2)nn1. The van der Waals surface area contributed by atoms with Crippen LogP contribution in [-0.2, 0) is 0 Å². The van der Waals surface area contributed by atoms with E-state index in [1.807, 2.05) is 43.3 Å². The topological polar surface area (TPSA) is 85.4 Å². The van der Waals surface area contributed by atoms with E-state index in [9.17, 15) is 4.79 Å². The van der Waals surface area contributed by atoms with E-state index in [1.165, 1.54) is 0 Å². The van der Waals surface area contributed by atoms with E-state index in [4.69, 9.17) is 9.47 Å². The molecule has 0 saturated heterocycles. The Morgan fingerprint density at radius 1 is 1.00 bits per heavy atom. The van der Waals surface area contributed by atoms with Gasteiger partial charge in [0.2, 0.25) is 0 Å². The lowest BCUT2D eigenvalue weighted by Gasteiger charge is -2.11. The number of carbonyl (C=O) groups excluding carboxylic acids is 1. The number of carbonyl (C=O) groups is 1. The van der Waals surface area contributed by atoms with Gasteiger partial charge in [-0.05, 0) is 55.5 Å². The molecule has 7 nitrogen and oxygen atoms in total. The molecule has 0 aliphatic heterocycles. The van der Waals surface area contributed by atoms with Crippen molar-refractivity contribution in [3.63, 3.8) is 0 Å². The van der Waals surface area contributed by atoms with Gasteiger partial charge in [-0.1, -0.05) is 12.1 Å². The Kier molecular flexibility index (Phi) is 5.84. The highest BCUT2D eigenvalue weighted by molar-refractivity contribution is 6.03. The molecule has 0 unspecified atom stereocenters. The van der Waals surface area contributed by atoms with Crippen LogP contribution in [0.4, 0.5) is 17.2 Å². The van der Waals surface area contributed by atoms with Crippen molar-refractivity contribution in [1.29, 1.82) is 0 Å². The Balaban J connectivity index is 1.66. The average molecular weight is 364 g/mol. The first kappa shape index (κ1) is 18.2. The van der Waals surface area contributed by atoms with Crippen molar-refractivity contribution in [1.82, 2.24) is 10.2 Å². The van der Waals surface area contributed by atoms with Crippen LogP contribution in [0.25, 0.3) is 0 Å². The van der Waals surface area contributed by atoms with Gasteiger partial charge in [-0.3, -0.25) is 4.79 Å². The summed E-state index contributed by atoms with van der Waals surface area (Å²) in [5.74, 6) is 1.56. The molecule has 138 valence electrons. The number of nitrogens with one attached hydrogen (secondary N) is 2. The van der Waals surface area contributed by atoms with E-state index in [0.29, 0.717) is 23.9 Å². The Labute approximate surface area is 157 Å². The number of hydrogen-bond donors (Lipinski definition) is 2. The predicted octanol–water partition coefficient (Wildman–Crippen LogP) is 3.88. The summed E-state index contributed by atoms with van der Waals surface area (Å²) in [7, 11) is 1.62. The zero-order chi connectivity index (χ0) is 19.1. The fourth-order valence-corrected chi connectivity index (χ4v) is 2.38. The van der Waals surface area contributed by atoms with Crippen LogP contribution < -0.4 is 20.1 Å². The third-order valence-corrected chi connectivity index (χ3v) is 3.69. The molecular formula is C20H20N4O3. The number of nitrogens with zero attached hydrogens (tertiary/aromatic N) is 2. The lowest BCUT2D eigenvalue weighted by atomic mass is 10.2. The van der Waals surface area contributed by atoms with Gasteiger partial charge in [0, 0.05) is 5.69 Å². The van der Waals surface area contributed by atoms with Crippen LogP contribution in [0.5, 0.6) is 11.5 Å². The van der Waals surface area contributed by atoms with Gasteiger partial charge in [0.25, 0.3) is 5.91 Å². The van der Waals surface area contributed by atoms with Gasteiger partial charge in [-0.15, -0.1) is 10.2 Å². The zero-order valence-electron chi connectivity index (χ0n) is 15.1. The third kappa shape index (κ3) is 4.72. The molecule has 1 heterocycles. The van der Waals surface area contributed by atoms with Crippen LogP contribution in [0.3, 0.4) is 0 Å². The van der Waals surface area contributed by atoms with Crippen LogP contribution in [0.15, 0.2) is 60.7 Å². The van der Waals surface area contributed by atoms with Gasteiger partial charge in [-0.25, -0.2) is 0 Å². The number of para-hydroxylation sites is 2. The maximum absolute atomic E-state index is 12.4. The first-order valence-corrected chi connectivity index (χ1v) is 8.47. The summed E-state index contributed by atoms with van der Waals surface area (Å²) in [6.45, 7) is 2.40. The van der Waals surface area contributed by atoms with E-state index in [-0.39, 0.29) is 11.6 Å². The fourth-order valence-electron chi connectivity index (χ4n) is 2.38. The maximum Gasteiger partial charge on any atom is 0.276 e. The van der Waals surface area contributed by atoms with E-state index in [1.54, 1.807) is 31.4 Å². The molecule has 3 aromatic rings. The van der Waals surface area contributed by atoms with Crippen LogP contribution in [0, 0.1) is 0 Å². The Hall–Kier alpha value is -3.61. The second-order valence-electron chi connectivity index (χ2n) is 5.54. The minimum absolute atomic E-state index is 0.210.